The summed E-state index contributed by atoms with van der Waals surface area (Å²) in [6.07, 6.45) is 1.63. The van der Waals surface area contributed by atoms with Crippen molar-refractivity contribution in [2.24, 2.45) is 0 Å². The summed E-state index contributed by atoms with van der Waals surface area (Å²) in [5, 5.41) is 0. The molecule has 0 aromatic heterocycles. The normalized spacial score (nSPS) is 18.0. The van der Waals surface area contributed by atoms with E-state index in [1.807, 2.05) is 6.92 Å². The maximum Gasteiger partial charge on any atom is 0.211 e. The quantitative estimate of drug-likeness (QED) is 0.786. The van der Waals surface area contributed by atoms with Gasteiger partial charge >= 0.3 is 0 Å². The minimum absolute atomic E-state index is 0.0523. The van der Waals surface area contributed by atoms with Crippen molar-refractivity contribution in [2.75, 3.05) is 38.6 Å². The Kier molecular flexibility index (Phi) is 7.02. The molecule has 23 heavy (non-hydrogen) atoms. The predicted molar refractivity (Wildman–Crippen MR) is 93.0 cm³/mol. The fraction of sp³-hybridized carbons (Fsp3) is 0.647. The number of rotatable bonds is 8. The molecule has 0 aliphatic carbocycles. The monoisotopic (exact) mass is 340 g/mol. The average Bonchev–Trinajstić information content (AvgIpc) is 2.56. The largest absolute Gasteiger partial charge is 0.379 e. The Morgan fingerprint density at radius 3 is 2.39 bits per heavy atom. The fourth-order valence-corrected chi connectivity index (χ4v) is 3.96. The minimum atomic E-state index is -3.19. The Balaban J connectivity index is 2.13. The molecule has 1 aromatic rings. The van der Waals surface area contributed by atoms with Crippen LogP contribution in [0, 0.1) is 0 Å². The van der Waals surface area contributed by atoms with Gasteiger partial charge in [-0.1, -0.05) is 38.1 Å². The van der Waals surface area contributed by atoms with Crippen LogP contribution < -0.4 is 4.72 Å². The van der Waals surface area contributed by atoms with Crippen LogP contribution in [0.5, 0.6) is 0 Å². The molecule has 1 aromatic carbocycles. The molecule has 1 aliphatic rings. The fourth-order valence-electron chi connectivity index (χ4n) is 2.87. The molecule has 130 valence electrons. The van der Waals surface area contributed by atoms with Gasteiger partial charge in [-0.15, -0.1) is 0 Å². The van der Waals surface area contributed by atoms with Crippen molar-refractivity contribution in [2.45, 2.75) is 32.7 Å². The van der Waals surface area contributed by atoms with Gasteiger partial charge in [0.2, 0.25) is 10.0 Å². The van der Waals surface area contributed by atoms with Gasteiger partial charge in [0.05, 0.1) is 19.0 Å². The number of nitrogens with one attached hydrogen (secondary N) is 1. The standard InChI is InChI=1S/C17H28N2O3S/c1-3-13-23(20,21)18-14-17(19-9-11-22-12-10-19)16-7-5-15(4-2)6-8-16/h5-8,17-18H,3-4,9-14H2,1-2H3. The second-order valence-corrected chi connectivity index (χ2v) is 7.85. The smallest absolute Gasteiger partial charge is 0.211 e. The number of ether oxygens (including phenoxy) is 1. The summed E-state index contributed by atoms with van der Waals surface area (Å²) >= 11 is 0. The molecule has 1 fully saturated rings. The maximum atomic E-state index is 12.0. The Labute approximate surface area is 140 Å². The highest BCUT2D eigenvalue weighted by atomic mass is 32.2. The molecule has 0 saturated carbocycles. The molecule has 1 saturated heterocycles. The molecule has 1 atom stereocenters. The van der Waals surface area contributed by atoms with Gasteiger partial charge in [-0.3, -0.25) is 4.90 Å². The maximum absolute atomic E-state index is 12.0. The van der Waals surface area contributed by atoms with Crippen LogP contribution in [0.1, 0.15) is 37.4 Å². The van der Waals surface area contributed by atoms with Gasteiger partial charge in [0, 0.05) is 25.7 Å². The van der Waals surface area contributed by atoms with Crippen molar-refractivity contribution in [3.63, 3.8) is 0 Å². The molecule has 1 unspecified atom stereocenters. The molecule has 0 amide bonds. The van der Waals surface area contributed by atoms with Crippen LogP contribution in [-0.2, 0) is 21.2 Å². The van der Waals surface area contributed by atoms with Crippen molar-refractivity contribution in [3.8, 4) is 0 Å². The van der Waals surface area contributed by atoms with Gasteiger partial charge in [-0.05, 0) is 24.0 Å². The van der Waals surface area contributed by atoms with Crippen molar-refractivity contribution in [1.82, 2.24) is 9.62 Å². The zero-order chi connectivity index (χ0) is 16.7. The number of benzene rings is 1. The van der Waals surface area contributed by atoms with Crippen molar-refractivity contribution in [3.05, 3.63) is 35.4 Å². The van der Waals surface area contributed by atoms with Crippen LogP contribution >= 0.6 is 0 Å². The Morgan fingerprint density at radius 2 is 1.83 bits per heavy atom. The lowest BCUT2D eigenvalue weighted by atomic mass is 10.0. The second kappa shape index (κ2) is 8.78. The topological polar surface area (TPSA) is 58.6 Å². The van der Waals surface area contributed by atoms with E-state index in [-0.39, 0.29) is 11.8 Å². The molecular weight excluding hydrogens is 312 g/mol. The van der Waals surface area contributed by atoms with Crippen LogP contribution in [0.4, 0.5) is 0 Å². The van der Waals surface area contributed by atoms with Crippen LogP contribution in [0.2, 0.25) is 0 Å². The van der Waals surface area contributed by atoms with E-state index in [9.17, 15) is 8.42 Å². The van der Waals surface area contributed by atoms with Crippen LogP contribution in [0.3, 0.4) is 0 Å². The van der Waals surface area contributed by atoms with Gasteiger partial charge in [0.25, 0.3) is 0 Å². The molecule has 0 bridgehead atoms. The molecule has 0 radical (unpaired) electrons. The first-order valence-electron chi connectivity index (χ1n) is 8.43. The molecule has 2 rings (SSSR count). The van der Waals surface area contributed by atoms with E-state index in [1.54, 1.807) is 0 Å². The Hall–Kier alpha value is -0.950. The highest BCUT2D eigenvalue weighted by Gasteiger charge is 2.24. The molecular formula is C17H28N2O3S. The predicted octanol–water partition coefficient (Wildman–Crippen LogP) is 1.95. The van der Waals surface area contributed by atoms with Crippen molar-refractivity contribution < 1.29 is 13.2 Å². The van der Waals surface area contributed by atoms with E-state index in [2.05, 4.69) is 40.8 Å². The Bertz CT molecular complexity index is 566. The molecule has 6 heteroatoms. The Morgan fingerprint density at radius 1 is 1.17 bits per heavy atom. The van der Waals surface area contributed by atoms with E-state index in [0.29, 0.717) is 26.2 Å². The summed E-state index contributed by atoms with van der Waals surface area (Å²) in [6.45, 7) is 7.48. The highest BCUT2D eigenvalue weighted by molar-refractivity contribution is 7.89. The van der Waals surface area contributed by atoms with E-state index in [4.69, 9.17) is 4.74 Å². The number of morpholine rings is 1. The zero-order valence-electron chi connectivity index (χ0n) is 14.1. The summed E-state index contributed by atoms with van der Waals surface area (Å²) in [7, 11) is -3.19. The first-order valence-corrected chi connectivity index (χ1v) is 10.1. The zero-order valence-corrected chi connectivity index (χ0v) is 14.9. The summed E-state index contributed by atoms with van der Waals surface area (Å²) in [5.74, 6) is 0.178. The molecule has 0 spiro atoms. The number of aryl methyl sites for hydroxylation is 1. The lowest BCUT2D eigenvalue weighted by molar-refractivity contribution is 0.0172. The van der Waals surface area contributed by atoms with Crippen molar-refractivity contribution >= 4 is 10.0 Å². The second-order valence-electron chi connectivity index (χ2n) is 5.93. The molecule has 1 aliphatic heterocycles. The third kappa shape index (κ3) is 5.57. The molecule has 5 nitrogen and oxygen atoms in total. The van der Waals surface area contributed by atoms with Gasteiger partial charge in [-0.25, -0.2) is 13.1 Å². The average molecular weight is 340 g/mol. The summed E-state index contributed by atoms with van der Waals surface area (Å²) in [5.41, 5.74) is 2.45. The lowest BCUT2D eigenvalue weighted by Gasteiger charge is -2.35. The van der Waals surface area contributed by atoms with E-state index < -0.39 is 10.0 Å². The highest BCUT2D eigenvalue weighted by Crippen LogP contribution is 2.22. The van der Waals surface area contributed by atoms with E-state index in [1.165, 1.54) is 5.56 Å². The minimum Gasteiger partial charge on any atom is -0.379 e. The first-order chi connectivity index (χ1) is 11.1. The van der Waals surface area contributed by atoms with Crippen LogP contribution in [0.15, 0.2) is 24.3 Å². The van der Waals surface area contributed by atoms with Crippen LogP contribution in [-0.4, -0.2) is 51.9 Å². The summed E-state index contributed by atoms with van der Waals surface area (Å²) in [6, 6.07) is 8.55. The van der Waals surface area contributed by atoms with Gasteiger partial charge < -0.3 is 4.74 Å². The summed E-state index contributed by atoms with van der Waals surface area (Å²) < 4.78 is 32.2. The summed E-state index contributed by atoms with van der Waals surface area (Å²) in [4.78, 5) is 2.30. The number of hydrogen-bond donors (Lipinski definition) is 1. The van der Waals surface area contributed by atoms with Gasteiger partial charge in [0.15, 0.2) is 0 Å². The number of sulfonamides is 1. The number of hydrogen-bond acceptors (Lipinski definition) is 4. The van der Waals surface area contributed by atoms with Gasteiger partial charge in [-0.2, -0.15) is 0 Å². The van der Waals surface area contributed by atoms with Gasteiger partial charge in [0.1, 0.15) is 0 Å². The van der Waals surface area contributed by atoms with E-state index >= 15 is 0 Å². The van der Waals surface area contributed by atoms with Crippen LogP contribution in [0.25, 0.3) is 0 Å². The lowest BCUT2D eigenvalue weighted by Crippen LogP contribution is -2.44. The molecule has 1 N–H and O–H groups in total. The third-order valence-corrected chi connectivity index (χ3v) is 5.78. The SMILES string of the molecule is CCCS(=O)(=O)NCC(c1ccc(CC)cc1)N1CCOCC1. The molecule has 1 heterocycles. The third-order valence-electron chi connectivity index (χ3n) is 4.23. The van der Waals surface area contributed by atoms with E-state index in [0.717, 1.165) is 25.1 Å². The van der Waals surface area contributed by atoms with Crippen molar-refractivity contribution in [1.29, 1.82) is 0 Å². The first kappa shape index (κ1) is 18.4. The number of nitrogens with zero attached hydrogens (tertiary/aromatic N) is 1.